The normalized spacial score (nSPS) is 13.3. The molecule has 6 nitrogen and oxygen atoms in total. The SMILES string of the molecule is Cc1cc(C(C)NS(=O)(=O)c2cccnc2N)c(C)o1. The van der Waals surface area contributed by atoms with Crippen LogP contribution < -0.4 is 10.5 Å². The van der Waals surface area contributed by atoms with E-state index < -0.39 is 16.1 Å². The lowest BCUT2D eigenvalue weighted by molar-refractivity contribution is 0.496. The zero-order chi connectivity index (χ0) is 14.9. The maximum Gasteiger partial charge on any atom is 0.244 e. The number of hydrogen-bond acceptors (Lipinski definition) is 5. The maximum atomic E-state index is 12.3. The molecule has 1 unspecified atom stereocenters. The Morgan fingerprint density at radius 3 is 2.65 bits per heavy atom. The van der Waals surface area contributed by atoms with Gasteiger partial charge in [-0.15, -0.1) is 0 Å². The van der Waals surface area contributed by atoms with E-state index in [-0.39, 0.29) is 10.7 Å². The molecule has 0 aliphatic carbocycles. The highest BCUT2D eigenvalue weighted by molar-refractivity contribution is 7.89. The van der Waals surface area contributed by atoms with Gasteiger partial charge in [0.1, 0.15) is 22.2 Å². The van der Waals surface area contributed by atoms with Gasteiger partial charge in [-0.05, 0) is 39.0 Å². The molecule has 0 amide bonds. The predicted molar refractivity (Wildman–Crippen MR) is 75.6 cm³/mol. The van der Waals surface area contributed by atoms with E-state index in [0.29, 0.717) is 5.76 Å². The third-order valence-electron chi connectivity index (χ3n) is 2.97. The number of pyridine rings is 1. The summed E-state index contributed by atoms with van der Waals surface area (Å²) in [6.45, 7) is 5.36. The van der Waals surface area contributed by atoms with Gasteiger partial charge < -0.3 is 10.2 Å². The first-order valence-corrected chi connectivity index (χ1v) is 7.59. The van der Waals surface area contributed by atoms with E-state index in [9.17, 15) is 8.42 Å². The average Bonchev–Trinajstić information content (AvgIpc) is 2.68. The van der Waals surface area contributed by atoms with Crippen molar-refractivity contribution in [3.63, 3.8) is 0 Å². The van der Waals surface area contributed by atoms with Crippen LogP contribution in [0.5, 0.6) is 0 Å². The molecule has 0 fully saturated rings. The number of hydrogen-bond donors (Lipinski definition) is 2. The molecular formula is C13H17N3O3S. The Balaban J connectivity index is 2.29. The van der Waals surface area contributed by atoms with Crippen molar-refractivity contribution < 1.29 is 12.8 Å². The van der Waals surface area contributed by atoms with Crippen LogP contribution in [0.15, 0.2) is 33.7 Å². The second-order valence-corrected chi connectivity index (χ2v) is 6.28. The summed E-state index contributed by atoms with van der Waals surface area (Å²) in [5.74, 6) is 1.41. The third-order valence-corrected chi connectivity index (χ3v) is 4.56. The van der Waals surface area contributed by atoms with Gasteiger partial charge in [-0.1, -0.05) is 0 Å². The van der Waals surface area contributed by atoms with Gasteiger partial charge in [-0.25, -0.2) is 18.1 Å². The molecule has 0 spiro atoms. The maximum absolute atomic E-state index is 12.3. The Bertz CT molecular complexity index is 722. The molecule has 20 heavy (non-hydrogen) atoms. The molecule has 0 aliphatic heterocycles. The lowest BCUT2D eigenvalue weighted by atomic mass is 10.1. The summed E-state index contributed by atoms with van der Waals surface area (Å²) in [7, 11) is -3.73. The van der Waals surface area contributed by atoms with Crippen molar-refractivity contribution in [1.82, 2.24) is 9.71 Å². The number of furan rings is 1. The van der Waals surface area contributed by atoms with Gasteiger partial charge in [0.25, 0.3) is 0 Å². The summed E-state index contributed by atoms with van der Waals surface area (Å²) in [5.41, 5.74) is 6.41. The Morgan fingerprint density at radius 1 is 1.40 bits per heavy atom. The van der Waals surface area contributed by atoms with Gasteiger partial charge in [0.05, 0.1) is 0 Å². The summed E-state index contributed by atoms with van der Waals surface area (Å²) in [6.07, 6.45) is 1.45. The largest absolute Gasteiger partial charge is 0.466 e. The van der Waals surface area contributed by atoms with Crippen molar-refractivity contribution in [2.24, 2.45) is 0 Å². The fraction of sp³-hybridized carbons (Fsp3) is 0.308. The third kappa shape index (κ3) is 2.83. The number of sulfonamides is 1. The van der Waals surface area contributed by atoms with E-state index in [1.54, 1.807) is 13.8 Å². The zero-order valence-corrected chi connectivity index (χ0v) is 12.4. The van der Waals surface area contributed by atoms with Gasteiger partial charge in [0.2, 0.25) is 10.0 Å². The molecule has 0 aliphatic rings. The Morgan fingerprint density at radius 2 is 2.10 bits per heavy atom. The number of aromatic nitrogens is 1. The van der Waals surface area contributed by atoms with Crippen LogP contribution in [0, 0.1) is 13.8 Å². The molecule has 2 rings (SSSR count). The fourth-order valence-corrected chi connectivity index (χ4v) is 3.38. The molecule has 3 N–H and O–H groups in total. The summed E-state index contributed by atoms with van der Waals surface area (Å²) < 4.78 is 32.6. The minimum absolute atomic E-state index is 0.0210. The first-order valence-electron chi connectivity index (χ1n) is 6.11. The average molecular weight is 295 g/mol. The predicted octanol–water partition coefficient (Wildman–Crippen LogP) is 1.91. The number of rotatable bonds is 4. The molecule has 2 aromatic heterocycles. The van der Waals surface area contributed by atoms with E-state index >= 15 is 0 Å². The standard InChI is InChI=1S/C13H17N3O3S/c1-8-7-11(10(3)19-8)9(2)16-20(17,18)12-5-4-6-15-13(12)14/h4-7,9,16H,1-3H3,(H2,14,15). The number of nitrogens with zero attached hydrogens (tertiary/aromatic N) is 1. The van der Waals surface area contributed by atoms with Crippen molar-refractivity contribution in [3.8, 4) is 0 Å². The smallest absolute Gasteiger partial charge is 0.244 e. The van der Waals surface area contributed by atoms with E-state index in [2.05, 4.69) is 9.71 Å². The van der Waals surface area contributed by atoms with Gasteiger partial charge in [0, 0.05) is 17.8 Å². The van der Waals surface area contributed by atoms with Crippen LogP contribution in [0.1, 0.15) is 30.0 Å². The van der Waals surface area contributed by atoms with Crippen molar-refractivity contribution in [2.75, 3.05) is 5.73 Å². The summed E-state index contributed by atoms with van der Waals surface area (Å²) in [5, 5.41) is 0. The van der Waals surface area contributed by atoms with Gasteiger partial charge >= 0.3 is 0 Å². The molecule has 2 aromatic rings. The number of aryl methyl sites for hydroxylation is 2. The second kappa shape index (κ2) is 5.26. The summed E-state index contributed by atoms with van der Waals surface area (Å²) in [4.78, 5) is 3.76. The van der Waals surface area contributed by atoms with Crippen molar-refractivity contribution in [2.45, 2.75) is 31.7 Å². The zero-order valence-electron chi connectivity index (χ0n) is 11.5. The monoisotopic (exact) mass is 295 g/mol. The summed E-state index contributed by atoms with van der Waals surface area (Å²) >= 11 is 0. The van der Waals surface area contributed by atoms with Crippen LogP contribution in [-0.4, -0.2) is 13.4 Å². The van der Waals surface area contributed by atoms with E-state index in [4.69, 9.17) is 10.2 Å². The van der Waals surface area contributed by atoms with Crippen molar-refractivity contribution in [3.05, 3.63) is 41.5 Å². The van der Waals surface area contributed by atoms with Gasteiger partial charge in [-0.2, -0.15) is 0 Å². The second-order valence-electron chi connectivity index (χ2n) is 4.60. The Kier molecular flexibility index (Phi) is 3.82. The molecule has 2 heterocycles. The van der Waals surface area contributed by atoms with E-state index in [0.717, 1.165) is 11.3 Å². The molecular weight excluding hydrogens is 278 g/mol. The number of anilines is 1. The number of nitrogens with two attached hydrogens (primary N) is 1. The fourth-order valence-electron chi connectivity index (χ4n) is 2.07. The number of nitrogens with one attached hydrogen (secondary N) is 1. The summed E-state index contributed by atoms with van der Waals surface area (Å²) in [6, 6.07) is 4.35. The number of nitrogen functional groups attached to an aromatic ring is 1. The van der Waals surface area contributed by atoms with Crippen LogP contribution in [0.2, 0.25) is 0 Å². The van der Waals surface area contributed by atoms with Crippen LogP contribution in [0.3, 0.4) is 0 Å². The molecule has 1 atom stereocenters. The van der Waals surface area contributed by atoms with Crippen molar-refractivity contribution in [1.29, 1.82) is 0 Å². The molecule has 7 heteroatoms. The highest BCUT2D eigenvalue weighted by atomic mass is 32.2. The quantitative estimate of drug-likeness (QED) is 0.897. The lowest BCUT2D eigenvalue weighted by Crippen LogP contribution is -2.27. The highest BCUT2D eigenvalue weighted by Crippen LogP contribution is 2.24. The van der Waals surface area contributed by atoms with E-state index in [1.165, 1.54) is 18.3 Å². The van der Waals surface area contributed by atoms with E-state index in [1.807, 2.05) is 13.0 Å². The highest BCUT2D eigenvalue weighted by Gasteiger charge is 2.23. The van der Waals surface area contributed by atoms with Gasteiger partial charge in [-0.3, -0.25) is 0 Å². The first kappa shape index (κ1) is 14.5. The molecule has 0 aromatic carbocycles. The van der Waals surface area contributed by atoms with Crippen LogP contribution in [-0.2, 0) is 10.0 Å². The van der Waals surface area contributed by atoms with Crippen LogP contribution in [0.4, 0.5) is 5.82 Å². The van der Waals surface area contributed by atoms with Crippen LogP contribution in [0.25, 0.3) is 0 Å². The lowest BCUT2D eigenvalue weighted by Gasteiger charge is -2.14. The van der Waals surface area contributed by atoms with Crippen LogP contribution >= 0.6 is 0 Å². The molecule has 0 bridgehead atoms. The molecule has 0 saturated carbocycles. The van der Waals surface area contributed by atoms with Crippen molar-refractivity contribution >= 4 is 15.8 Å². The first-order chi connectivity index (χ1) is 9.31. The molecule has 108 valence electrons. The molecule has 0 saturated heterocycles. The van der Waals surface area contributed by atoms with Gasteiger partial charge in [0.15, 0.2) is 0 Å². The minimum atomic E-state index is -3.73. The Labute approximate surface area is 118 Å². The Hall–Kier alpha value is -1.86. The minimum Gasteiger partial charge on any atom is -0.466 e. The molecule has 0 radical (unpaired) electrons. The topological polar surface area (TPSA) is 98.2 Å².